The van der Waals surface area contributed by atoms with Crippen LogP contribution in [-0.2, 0) is 19.1 Å². The van der Waals surface area contributed by atoms with Crippen LogP contribution >= 0.6 is 11.8 Å². The number of hydrogen-bond donors (Lipinski definition) is 1. The number of aliphatic hydroxyl groups excluding tert-OH is 1. The van der Waals surface area contributed by atoms with Gasteiger partial charge in [0.15, 0.2) is 0 Å². The molecule has 2 amide bonds. The van der Waals surface area contributed by atoms with Crippen molar-refractivity contribution in [1.29, 1.82) is 0 Å². The van der Waals surface area contributed by atoms with Crippen LogP contribution in [0.3, 0.4) is 0 Å². The van der Waals surface area contributed by atoms with Crippen LogP contribution in [0.15, 0.2) is 49.6 Å². The second-order valence-electron chi connectivity index (χ2n) is 10.8. The first-order chi connectivity index (χ1) is 18.6. The van der Waals surface area contributed by atoms with Gasteiger partial charge in [-0.3, -0.25) is 14.4 Å². The van der Waals surface area contributed by atoms with Crippen molar-refractivity contribution >= 4 is 40.9 Å². The molecule has 1 aromatic rings. The van der Waals surface area contributed by atoms with E-state index in [4.69, 9.17) is 4.74 Å². The number of nitrogens with zero attached hydrogens (tertiary/aromatic N) is 3. The van der Waals surface area contributed by atoms with E-state index in [-0.39, 0.29) is 31.6 Å². The van der Waals surface area contributed by atoms with Crippen LogP contribution in [0.2, 0.25) is 0 Å². The van der Waals surface area contributed by atoms with Crippen molar-refractivity contribution in [2.45, 2.75) is 62.1 Å². The summed E-state index contributed by atoms with van der Waals surface area (Å²) in [5.74, 6) is -2.28. The summed E-state index contributed by atoms with van der Waals surface area (Å²) >= 11 is 1.59. The Bertz CT molecular complexity index is 1120. The van der Waals surface area contributed by atoms with Gasteiger partial charge in [0.05, 0.1) is 29.2 Å². The largest absolute Gasteiger partial charge is 0.461 e. The molecule has 0 aliphatic carbocycles. The maximum Gasteiger partial charge on any atom is 0.311 e. The highest BCUT2D eigenvalue weighted by Gasteiger charge is 2.78. The topological polar surface area (TPSA) is 90.4 Å². The number of ether oxygens (including phenoxy) is 1. The first-order valence-electron chi connectivity index (χ1n) is 13.8. The average molecular weight is 556 g/mol. The minimum absolute atomic E-state index is 0.0692. The third-order valence-corrected chi connectivity index (χ3v) is 10.6. The van der Waals surface area contributed by atoms with E-state index in [1.54, 1.807) is 34.6 Å². The lowest BCUT2D eigenvalue weighted by atomic mass is 9.66. The fourth-order valence-electron chi connectivity index (χ4n) is 6.83. The summed E-state index contributed by atoms with van der Waals surface area (Å²) < 4.78 is 4.16. The van der Waals surface area contributed by atoms with Gasteiger partial charge in [-0.1, -0.05) is 18.7 Å². The van der Waals surface area contributed by atoms with Gasteiger partial charge in [0, 0.05) is 35.8 Å². The predicted octanol–water partition coefficient (Wildman–Crippen LogP) is 3.64. The molecule has 1 aromatic carbocycles. The summed E-state index contributed by atoms with van der Waals surface area (Å²) in [5, 5.41) is 10.1. The minimum Gasteiger partial charge on any atom is -0.461 e. The first kappa shape index (κ1) is 29.2. The number of rotatable bonds is 12. The molecule has 212 valence electrons. The van der Waals surface area contributed by atoms with Gasteiger partial charge in [0.25, 0.3) is 5.91 Å². The third-order valence-electron chi connectivity index (χ3n) is 8.65. The standard InChI is InChI=1S/C30H41N3O5S/c1-7-17-32(22-13-11-21(12-14-22)31(9-3)10-4)27(36)25-30-16-15-29(6,39-30)24(28(37)38-18-8-2)23(30)26(35)33(25)20(5)19-34/h7-8,11-14,20,23-25,34H,1-2,9-10,15-19H2,3-6H3/t20-,23+,24-,25?,29+,30?/m1/s1. The molecule has 2 unspecified atom stereocenters. The summed E-state index contributed by atoms with van der Waals surface area (Å²) in [7, 11) is 0. The molecular formula is C30H41N3O5S. The SMILES string of the molecule is C=CCOC(=O)[C@H]1[C@H]2C(=O)N([C@H](C)CO)C(C(=O)N(CC=C)c3ccc(N(CC)CC)cc3)C23CC[C@]1(C)S3. The molecule has 2 bridgehead atoms. The van der Waals surface area contributed by atoms with E-state index in [9.17, 15) is 19.5 Å². The van der Waals surface area contributed by atoms with Gasteiger partial charge in [-0.05, 0) is 64.8 Å². The Hall–Kier alpha value is -2.78. The molecule has 9 heteroatoms. The Kier molecular flexibility index (Phi) is 8.52. The summed E-state index contributed by atoms with van der Waals surface area (Å²) in [4.78, 5) is 47.4. The molecule has 3 heterocycles. The lowest BCUT2D eigenvalue weighted by molar-refractivity contribution is -0.155. The predicted molar refractivity (Wildman–Crippen MR) is 156 cm³/mol. The van der Waals surface area contributed by atoms with Crippen LogP contribution in [0, 0.1) is 11.8 Å². The number of benzene rings is 1. The zero-order valence-corrected chi connectivity index (χ0v) is 24.3. The molecule has 3 saturated heterocycles. The smallest absolute Gasteiger partial charge is 0.311 e. The van der Waals surface area contributed by atoms with Crippen LogP contribution < -0.4 is 9.80 Å². The van der Waals surface area contributed by atoms with Gasteiger partial charge in [-0.2, -0.15) is 0 Å². The van der Waals surface area contributed by atoms with Crippen molar-refractivity contribution in [3.63, 3.8) is 0 Å². The van der Waals surface area contributed by atoms with Crippen molar-refractivity contribution < 1.29 is 24.2 Å². The van der Waals surface area contributed by atoms with Gasteiger partial charge in [0.2, 0.25) is 5.91 Å². The molecule has 39 heavy (non-hydrogen) atoms. The third kappa shape index (κ3) is 4.67. The summed E-state index contributed by atoms with van der Waals surface area (Å²) in [5.41, 5.74) is 1.78. The zero-order valence-electron chi connectivity index (χ0n) is 23.5. The molecule has 0 radical (unpaired) electrons. The van der Waals surface area contributed by atoms with E-state index in [2.05, 4.69) is 31.9 Å². The van der Waals surface area contributed by atoms with Crippen LogP contribution in [0.5, 0.6) is 0 Å². The first-order valence-corrected chi connectivity index (χ1v) is 14.6. The molecule has 3 fully saturated rings. The average Bonchev–Trinajstić information content (AvgIpc) is 3.51. The van der Waals surface area contributed by atoms with E-state index in [1.165, 1.54) is 6.08 Å². The van der Waals surface area contributed by atoms with Crippen molar-refractivity contribution in [2.75, 3.05) is 42.6 Å². The number of thioether (sulfide) groups is 1. The van der Waals surface area contributed by atoms with E-state index >= 15 is 0 Å². The number of esters is 1. The fourth-order valence-corrected chi connectivity index (χ4v) is 9.15. The van der Waals surface area contributed by atoms with Crippen molar-refractivity contribution in [3.8, 4) is 0 Å². The van der Waals surface area contributed by atoms with E-state index in [0.717, 1.165) is 18.8 Å². The maximum atomic E-state index is 14.6. The quantitative estimate of drug-likeness (QED) is 0.311. The highest BCUT2D eigenvalue weighted by atomic mass is 32.2. The Balaban J connectivity index is 1.76. The molecule has 1 spiro atoms. The van der Waals surface area contributed by atoms with Crippen molar-refractivity contribution in [3.05, 3.63) is 49.6 Å². The Morgan fingerprint density at radius 2 is 1.82 bits per heavy atom. The van der Waals surface area contributed by atoms with Gasteiger partial charge in [0.1, 0.15) is 12.6 Å². The molecule has 6 atom stereocenters. The van der Waals surface area contributed by atoms with Crippen LogP contribution in [0.4, 0.5) is 11.4 Å². The van der Waals surface area contributed by atoms with Crippen LogP contribution in [-0.4, -0.2) is 82.2 Å². The minimum atomic E-state index is -0.830. The van der Waals surface area contributed by atoms with Gasteiger partial charge in [-0.15, -0.1) is 18.3 Å². The van der Waals surface area contributed by atoms with E-state index in [0.29, 0.717) is 18.5 Å². The monoisotopic (exact) mass is 555 g/mol. The maximum absolute atomic E-state index is 14.6. The Morgan fingerprint density at radius 1 is 1.18 bits per heavy atom. The van der Waals surface area contributed by atoms with Gasteiger partial charge < -0.3 is 24.5 Å². The molecule has 0 saturated carbocycles. The van der Waals surface area contributed by atoms with Gasteiger partial charge >= 0.3 is 5.97 Å². The Labute approximate surface area is 236 Å². The lowest BCUT2D eigenvalue weighted by Gasteiger charge is -2.39. The molecule has 1 N–H and O–H groups in total. The number of carbonyl (C=O) groups excluding carboxylic acids is 3. The van der Waals surface area contributed by atoms with Crippen LogP contribution in [0.1, 0.15) is 40.5 Å². The van der Waals surface area contributed by atoms with Crippen LogP contribution in [0.25, 0.3) is 0 Å². The van der Waals surface area contributed by atoms with Gasteiger partial charge in [-0.25, -0.2) is 0 Å². The van der Waals surface area contributed by atoms with E-state index < -0.39 is 39.4 Å². The normalized spacial score (nSPS) is 29.6. The van der Waals surface area contributed by atoms with Crippen molar-refractivity contribution in [1.82, 2.24) is 4.90 Å². The zero-order chi connectivity index (χ0) is 28.5. The number of carbonyl (C=O) groups is 3. The molecule has 8 nitrogen and oxygen atoms in total. The number of amides is 2. The lowest BCUT2D eigenvalue weighted by Crippen LogP contribution is -2.57. The van der Waals surface area contributed by atoms with E-state index in [1.807, 2.05) is 31.2 Å². The molecule has 3 aliphatic rings. The number of hydrogen-bond acceptors (Lipinski definition) is 7. The summed E-state index contributed by atoms with van der Waals surface area (Å²) in [6.45, 7) is 17.3. The number of fused-ring (bicyclic) bond motifs is 1. The summed E-state index contributed by atoms with van der Waals surface area (Å²) in [6, 6.07) is 6.45. The summed E-state index contributed by atoms with van der Waals surface area (Å²) in [6.07, 6.45) is 4.51. The second-order valence-corrected chi connectivity index (χ2v) is 12.7. The molecule has 3 aliphatic heterocycles. The molecular weight excluding hydrogens is 514 g/mol. The second kappa shape index (κ2) is 11.4. The number of likely N-dealkylation sites (tertiary alicyclic amines) is 1. The highest BCUT2D eigenvalue weighted by molar-refractivity contribution is 8.02. The highest BCUT2D eigenvalue weighted by Crippen LogP contribution is 2.71. The Morgan fingerprint density at radius 3 is 2.38 bits per heavy atom. The number of anilines is 2. The molecule has 4 rings (SSSR count). The fraction of sp³-hybridized carbons (Fsp3) is 0.567. The van der Waals surface area contributed by atoms with Crippen molar-refractivity contribution in [2.24, 2.45) is 11.8 Å². The molecule has 0 aromatic heterocycles. The number of aliphatic hydroxyl groups is 1.